The van der Waals surface area contributed by atoms with Gasteiger partial charge in [-0.15, -0.1) is 0 Å². The summed E-state index contributed by atoms with van der Waals surface area (Å²) in [6.45, 7) is 2.67. The second kappa shape index (κ2) is 4.26. The Morgan fingerprint density at radius 2 is 2.00 bits per heavy atom. The Hall–Kier alpha value is -0.640. The van der Waals surface area contributed by atoms with Crippen LogP contribution in [0.3, 0.4) is 0 Å². The summed E-state index contributed by atoms with van der Waals surface area (Å²) in [7, 11) is 1.81. The summed E-state index contributed by atoms with van der Waals surface area (Å²) in [5, 5.41) is 0. The Bertz CT molecular complexity index is 247. The van der Waals surface area contributed by atoms with Crippen LogP contribution in [0.1, 0.15) is 32.6 Å². The van der Waals surface area contributed by atoms with Crippen molar-refractivity contribution in [3.05, 3.63) is 0 Å². The SMILES string of the molecule is CCN(C)C(=O)C1(C(N)=S)CCCC1. The molecular formula is C10H18N2OS. The van der Waals surface area contributed by atoms with Crippen LogP contribution in [-0.4, -0.2) is 29.4 Å². The fourth-order valence-electron chi connectivity index (χ4n) is 2.05. The van der Waals surface area contributed by atoms with E-state index in [0.717, 1.165) is 25.7 Å². The number of thiocarbonyl (C=S) groups is 1. The van der Waals surface area contributed by atoms with Crippen LogP contribution in [0.15, 0.2) is 0 Å². The molecule has 1 fully saturated rings. The first-order valence-electron chi connectivity index (χ1n) is 5.10. The van der Waals surface area contributed by atoms with Gasteiger partial charge < -0.3 is 10.6 Å². The molecule has 14 heavy (non-hydrogen) atoms. The highest BCUT2D eigenvalue weighted by Gasteiger charge is 2.45. The highest BCUT2D eigenvalue weighted by molar-refractivity contribution is 7.80. The van der Waals surface area contributed by atoms with Crippen LogP contribution in [0.4, 0.5) is 0 Å². The lowest BCUT2D eigenvalue weighted by atomic mass is 9.84. The third kappa shape index (κ3) is 1.75. The van der Waals surface area contributed by atoms with E-state index in [4.69, 9.17) is 18.0 Å². The molecule has 3 nitrogen and oxygen atoms in total. The van der Waals surface area contributed by atoms with E-state index >= 15 is 0 Å². The van der Waals surface area contributed by atoms with Gasteiger partial charge in [-0.25, -0.2) is 0 Å². The van der Waals surface area contributed by atoms with E-state index in [1.54, 1.807) is 11.9 Å². The average molecular weight is 214 g/mol. The van der Waals surface area contributed by atoms with Crippen molar-refractivity contribution in [3.8, 4) is 0 Å². The molecule has 2 N–H and O–H groups in total. The number of carbonyl (C=O) groups is 1. The monoisotopic (exact) mass is 214 g/mol. The van der Waals surface area contributed by atoms with Crippen LogP contribution < -0.4 is 5.73 Å². The number of amides is 1. The topological polar surface area (TPSA) is 46.3 Å². The Labute approximate surface area is 90.6 Å². The largest absolute Gasteiger partial charge is 0.392 e. The molecule has 0 atom stereocenters. The molecule has 0 spiro atoms. The van der Waals surface area contributed by atoms with Crippen LogP contribution in [0.5, 0.6) is 0 Å². The van der Waals surface area contributed by atoms with Crippen molar-refractivity contribution in [2.24, 2.45) is 11.1 Å². The normalized spacial score (nSPS) is 19.3. The molecule has 0 aliphatic heterocycles. The zero-order valence-corrected chi connectivity index (χ0v) is 9.69. The lowest BCUT2D eigenvalue weighted by molar-refractivity contribution is -0.136. The summed E-state index contributed by atoms with van der Waals surface area (Å²) in [5.74, 6) is 0.102. The molecule has 0 saturated heterocycles. The van der Waals surface area contributed by atoms with Crippen molar-refractivity contribution >= 4 is 23.1 Å². The molecule has 0 unspecified atom stereocenters. The van der Waals surface area contributed by atoms with E-state index < -0.39 is 5.41 Å². The van der Waals surface area contributed by atoms with E-state index in [0.29, 0.717) is 11.5 Å². The Morgan fingerprint density at radius 1 is 1.50 bits per heavy atom. The predicted molar refractivity (Wildman–Crippen MR) is 61.0 cm³/mol. The number of nitrogens with zero attached hydrogens (tertiary/aromatic N) is 1. The predicted octanol–water partition coefficient (Wildman–Crippen LogP) is 1.31. The first kappa shape index (κ1) is 11.4. The summed E-state index contributed by atoms with van der Waals surface area (Å²) in [5.41, 5.74) is 5.18. The Morgan fingerprint density at radius 3 is 2.36 bits per heavy atom. The van der Waals surface area contributed by atoms with Gasteiger partial charge in [0.15, 0.2) is 0 Å². The van der Waals surface area contributed by atoms with Gasteiger partial charge in [0, 0.05) is 13.6 Å². The number of rotatable bonds is 3. The minimum atomic E-state index is -0.528. The summed E-state index contributed by atoms with van der Waals surface area (Å²) >= 11 is 5.04. The van der Waals surface area contributed by atoms with E-state index in [9.17, 15) is 4.79 Å². The quantitative estimate of drug-likeness (QED) is 0.721. The maximum Gasteiger partial charge on any atom is 0.235 e. The summed E-state index contributed by atoms with van der Waals surface area (Å²) in [6.07, 6.45) is 3.76. The smallest absolute Gasteiger partial charge is 0.235 e. The van der Waals surface area contributed by atoms with Crippen LogP contribution in [0.25, 0.3) is 0 Å². The highest BCUT2D eigenvalue weighted by Crippen LogP contribution is 2.39. The second-order valence-electron chi connectivity index (χ2n) is 3.97. The summed E-state index contributed by atoms with van der Waals surface area (Å²) in [4.78, 5) is 14.2. The van der Waals surface area contributed by atoms with Crippen molar-refractivity contribution in [1.29, 1.82) is 0 Å². The van der Waals surface area contributed by atoms with Gasteiger partial charge >= 0.3 is 0 Å². The number of hydrogen-bond donors (Lipinski definition) is 1. The molecule has 1 saturated carbocycles. The zero-order valence-electron chi connectivity index (χ0n) is 8.88. The first-order chi connectivity index (χ1) is 6.54. The molecule has 0 heterocycles. The molecule has 1 aliphatic carbocycles. The third-order valence-electron chi connectivity index (χ3n) is 3.16. The summed E-state index contributed by atoms with van der Waals surface area (Å²) in [6, 6.07) is 0. The van der Waals surface area contributed by atoms with Gasteiger partial charge in [-0.1, -0.05) is 25.1 Å². The van der Waals surface area contributed by atoms with Gasteiger partial charge in [0.25, 0.3) is 0 Å². The highest BCUT2D eigenvalue weighted by atomic mass is 32.1. The van der Waals surface area contributed by atoms with E-state index in [2.05, 4.69) is 0 Å². The number of nitrogens with two attached hydrogens (primary N) is 1. The maximum absolute atomic E-state index is 12.1. The molecule has 0 bridgehead atoms. The molecule has 4 heteroatoms. The second-order valence-corrected chi connectivity index (χ2v) is 4.41. The Kier molecular flexibility index (Phi) is 3.48. The van der Waals surface area contributed by atoms with Crippen LogP contribution >= 0.6 is 12.2 Å². The average Bonchev–Trinajstić information content (AvgIpc) is 2.65. The van der Waals surface area contributed by atoms with E-state index in [1.807, 2.05) is 6.92 Å². The van der Waals surface area contributed by atoms with Gasteiger partial charge in [0.05, 0.1) is 10.4 Å². The molecule has 0 aromatic carbocycles. The maximum atomic E-state index is 12.1. The molecule has 0 aromatic heterocycles. The van der Waals surface area contributed by atoms with Crippen molar-refractivity contribution in [1.82, 2.24) is 4.90 Å². The number of hydrogen-bond acceptors (Lipinski definition) is 2. The van der Waals surface area contributed by atoms with Gasteiger partial charge in [-0.05, 0) is 19.8 Å². The lowest BCUT2D eigenvalue weighted by Gasteiger charge is -2.30. The Balaban J connectivity index is 2.88. The van der Waals surface area contributed by atoms with Crippen molar-refractivity contribution in [2.45, 2.75) is 32.6 Å². The standard InChI is InChI=1S/C10H18N2OS/c1-3-12(2)9(13)10(8(11)14)6-4-5-7-10/h3-7H2,1-2H3,(H2,11,14). The summed E-state index contributed by atoms with van der Waals surface area (Å²) < 4.78 is 0. The lowest BCUT2D eigenvalue weighted by Crippen LogP contribution is -2.47. The molecule has 1 rings (SSSR count). The molecule has 1 amide bonds. The minimum absolute atomic E-state index is 0.102. The minimum Gasteiger partial charge on any atom is -0.392 e. The molecular weight excluding hydrogens is 196 g/mol. The van der Waals surface area contributed by atoms with Crippen molar-refractivity contribution < 1.29 is 4.79 Å². The van der Waals surface area contributed by atoms with Crippen LogP contribution in [0.2, 0.25) is 0 Å². The van der Waals surface area contributed by atoms with E-state index in [-0.39, 0.29) is 5.91 Å². The van der Waals surface area contributed by atoms with Crippen molar-refractivity contribution in [2.75, 3.05) is 13.6 Å². The van der Waals surface area contributed by atoms with E-state index in [1.165, 1.54) is 0 Å². The number of carbonyl (C=O) groups excluding carboxylic acids is 1. The van der Waals surface area contributed by atoms with Crippen molar-refractivity contribution in [3.63, 3.8) is 0 Å². The molecule has 1 aliphatic rings. The molecule has 80 valence electrons. The van der Waals surface area contributed by atoms with Crippen LogP contribution in [0, 0.1) is 5.41 Å². The first-order valence-corrected chi connectivity index (χ1v) is 5.51. The third-order valence-corrected chi connectivity index (χ3v) is 3.55. The van der Waals surface area contributed by atoms with Gasteiger partial charge in [0.1, 0.15) is 0 Å². The van der Waals surface area contributed by atoms with Gasteiger partial charge in [0.2, 0.25) is 5.91 Å². The fraction of sp³-hybridized carbons (Fsp3) is 0.800. The molecule has 0 aromatic rings. The van der Waals surface area contributed by atoms with Gasteiger partial charge in [-0.3, -0.25) is 4.79 Å². The fourth-order valence-corrected chi connectivity index (χ4v) is 2.34. The van der Waals surface area contributed by atoms with Gasteiger partial charge in [-0.2, -0.15) is 0 Å². The zero-order chi connectivity index (χ0) is 10.8. The van der Waals surface area contributed by atoms with Crippen LogP contribution in [-0.2, 0) is 4.79 Å². The molecule has 0 radical (unpaired) electrons.